The molecule has 0 heterocycles. The van der Waals surface area contributed by atoms with Gasteiger partial charge in [-0.25, -0.2) is 4.79 Å². The molecule has 1 aromatic rings. The van der Waals surface area contributed by atoms with Crippen molar-refractivity contribution in [1.29, 1.82) is 0 Å². The summed E-state index contributed by atoms with van der Waals surface area (Å²) in [5, 5.41) is 2.22. The zero-order chi connectivity index (χ0) is 12.0. The van der Waals surface area contributed by atoms with Crippen LogP contribution in [0.15, 0.2) is 24.3 Å². The second-order valence-electron chi connectivity index (χ2n) is 3.20. The van der Waals surface area contributed by atoms with E-state index < -0.39 is 6.09 Å². The van der Waals surface area contributed by atoms with Crippen LogP contribution in [0.5, 0.6) is 5.75 Å². The SMILES string of the molecule is CNC(=O)Oc1ccccc1CC(Cl)CCl. The van der Waals surface area contributed by atoms with E-state index in [1.54, 1.807) is 12.1 Å². The van der Waals surface area contributed by atoms with Crippen molar-refractivity contribution in [3.05, 3.63) is 29.8 Å². The quantitative estimate of drug-likeness (QED) is 0.847. The van der Waals surface area contributed by atoms with Crippen LogP contribution in [-0.4, -0.2) is 24.4 Å². The third-order valence-corrected chi connectivity index (χ3v) is 2.83. The molecule has 1 N–H and O–H groups in total. The van der Waals surface area contributed by atoms with Crippen LogP contribution < -0.4 is 10.1 Å². The van der Waals surface area contributed by atoms with E-state index in [0.717, 1.165) is 5.56 Å². The molecule has 3 nitrogen and oxygen atoms in total. The summed E-state index contributed by atoms with van der Waals surface area (Å²) in [7, 11) is 1.51. The van der Waals surface area contributed by atoms with Crippen molar-refractivity contribution < 1.29 is 9.53 Å². The van der Waals surface area contributed by atoms with Crippen molar-refractivity contribution >= 4 is 29.3 Å². The molecule has 0 saturated carbocycles. The molecule has 5 heteroatoms. The molecule has 0 saturated heterocycles. The Bertz CT molecular complexity index is 358. The monoisotopic (exact) mass is 261 g/mol. The van der Waals surface area contributed by atoms with Gasteiger partial charge >= 0.3 is 6.09 Å². The van der Waals surface area contributed by atoms with Crippen molar-refractivity contribution in [1.82, 2.24) is 5.32 Å². The summed E-state index contributed by atoms with van der Waals surface area (Å²) in [5.74, 6) is 0.869. The highest BCUT2D eigenvalue weighted by atomic mass is 35.5. The summed E-state index contributed by atoms with van der Waals surface area (Å²) in [4.78, 5) is 11.1. The predicted octanol–water partition coefficient (Wildman–Crippen LogP) is 2.79. The van der Waals surface area contributed by atoms with Crippen LogP contribution in [0, 0.1) is 0 Å². The molecule has 0 radical (unpaired) electrons. The molecule has 0 fully saturated rings. The minimum absolute atomic E-state index is 0.170. The standard InChI is InChI=1S/C11H13Cl2NO2/c1-14-11(15)16-10-5-3-2-4-8(10)6-9(13)7-12/h2-5,9H,6-7H2,1H3,(H,14,15). The van der Waals surface area contributed by atoms with Crippen LogP contribution in [0.4, 0.5) is 4.79 Å². The number of ether oxygens (including phenoxy) is 1. The predicted molar refractivity (Wildman–Crippen MR) is 65.6 cm³/mol. The lowest BCUT2D eigenvalue weighted by Crippen LogP contribution is -2.22. The van der Waals surface area contributed by atoms with E-state index in [-0.39, 0.29) is 5.38 Å². The van der Waals surface area contributed by atoms with Gasteiger partial charge in [0.1, 0.15) is 5.75 Å². The summed E-state index contributed by atoms with van der Waals surface area (Å²) in [6.45, 7) is 0. The number of para-hydroxylation sites is 1. The number of amides is 1. The largest absolute Gasteiger partial charge is 0.412 e. The van der Waals surface area contributed by atoms with Crippen molar-refractivity contribution in [2.45, 2.75) is 11.8 Å². The van der Waals surface area contributed by atoms with Crippen molar-refractivity contribution in [2.24, 2.45) is 0 Å². The molecule has 1 rings (SSSR count). The number of carbonyl (C=O) groups excluding carboxylic acids is 1. The van der Waals surface area contributed by atoms with E-state index in [9.17, 15) is 4.79 Å². The maximum absolute atomic E-state index is 11.1. The highest BCUT2D eigenvalue weighted by molar-refractivity contribution is 6.28. The fraction of sp³-hybridized carbons (Fsp3) is 0.364. The van der Waals surface area contributed by atoms with Gasteiger partial charge < -0.3 is 10.1 Å². The third kappa shape index (κ3) is 3.91. The van der Waals surface area contributed by atoms with E-state index in [4.69, 9.17) is 27.9 Å². The lowest BCUT2D eigenvalue weighted by Gasteiger charge is -2.11. The van der Waals surface area contributed by atoms with Gasteiger partial charge in [0.05, 0.1) is 5.38 Å². The molecule has 1 amide bonds. The second-order valence-corrected chi connectivity index (χ2v) is 4.13. The molecule has 1 atom stereocenters. The minimum atomic E-state index is -0.496. The maximum Gasteiger partial charge on any atom is 0.412 e. The molecule has 0 aromatic heterocycles. The van der Waals surface area contributed by atoms with Gasteiger partial charge in [-0.1, -0.05) is 18.2 Å². The number of halogens is 2. The Morgan fingerprint density at radius 3 is 2.81 bits per heavy atom. The van der Waals surface area contributed by atoms with Gasteiger partial charge in [-0.15, -0.1) is 23.2 Å². The average Bonchev–Trinajstić information content (AvgIpc) is 2.31. The zero-order valence-electron chi connectivity index (χ0n) is 8.87. The molecule has 0 aliphatic rings. The van der Waals surface area contributed by atoms with Crippen molar-refractivity contribution in [3.63, 3.8) is 0 Å². The molecule has 0 spiro atoms. The first kappa shape index (κ1) is 13.1. The van der Waals surface area contributed by atoms with E-state index in [0.29, 0.717) is 18.1 Å². The van der Waals surface area contributed by atoms with Crippen LogP contribution in [0.25, 0.3) is 0 Å². The molecular weight excluding hydrogens is 249 g/mol. The van der Waals surface area contributed by atoms with Gasteiger partial charge in [-0.05, 0) is 18.1 Å². The Kier molecular flexibility index (Phi) is 5.43. The highest BCUT2D eigenvalue weighted by Crippen LogP contribution is 2.21. The van der Waals surface area contributed by atoms with Crippen LogP contribution in [-0.2, 0) is 6.42 Å². The summed E-state index contributed by atoms with van der Waals surface area (Å²) in [6.07, 6.45) is 0.0718. The Labute approximate surface area is 105 Å². The first-order chi connectivity index (χ1) is 7.67. The maximum atomic E-state index is 11.1. The Morgan fingerprint density at radius 2 is 2.19 bits per heavy atom. The van der Waals surface area contributed by atoms with Gasteiger partial charge in [0.15, 0.2) is 0 Å². The van der Waals surface area contributed by atoms with Gasteiger partial charge in [0.2, 0.25) is 0 Å². The van der Waals surface area contributed by atoms with Crippen LogP contribution >= 0.6 is 23.2 Å². The first-order valence-electron chi connectivity index (χ1n) is 4.85. The lowest BCUT2D eigenvalue weighted by atomic mass is 10.1. The Morgan fingerprint density at radius 1 is 1.50 bits per heavy atom. The number of benzene rings is 1. The lowest BCUT2D eigenvalue weighted by molar-refractivity contribution is 0.202. The average molecular weight is 262 g/mol. The molecule has 0 bridgehead atoms. The smallest absolute Gasteiger partial charge is 0.410 e. The van der Waals surface area contributed by atoms with Gasteiger partial charge in [0.25, 0.3) is 0 Å². The molecule has 16 heavy (non-hydrogen) atoms. The number of hydrogen-bond donors (Lipinski definition) is 1. The summed E-state index contributed by atoms with van der Waals surface area (Å²) in [6, 6.07) is 7.25. The summed E-state index contributed by atoms with van der Waals surface area (Å²) in [5.41, 5.74) is 0.867. The van der Waals surface area contributed by atoms with Crippen LogP contribution in [0.2, 0.25) is 0 Å². The number of carbonyl (C=O) groups is 1. The van der Waals surface area contributed by atoms with Crippen LogP contribution in [0.1, 0.15) is 5.56 Å². The second kappa shape index (κ2) is 6.61. The van der Waals surface area contributed by atoms with Gasteiger partial charge in [-0.3, -0.25) is 0 Å². The van der Waals surface area contributed by atoms with E-state index in [2.05, 4.69) is 5.32 Å². The number of rotatable bonds is 4. The van der Waals surface area contributed by atoms with E-state index in [1.807, 2.05) is 12.1 Å². The normalized spacial score (nSPS) is 11.9. The molecule has 88 valence electrons. The first-order valence-corrected chi connectivity index (χ1v) is 5.82. The van der Waals surface area contributed by atoms with Gasteiger partial charge in [0, 0.05) is 12.9 Å². The highest BCUT2D eigenvalue weighted by Gasteiger charge is 2.11. The zero-order valence-corrected chi connectivity index (χ0v) is 10.4. The Hall–Kier alpha value is -0.930. The van der Waals surface area contributed by atoms with Crippen molar-refractivity contribution in [3.8, 4) is 5.75 Å². The third-order valence-electron chi connectivity index (χ3n) is 1.99. The van der Waals surface area contributed by atoms with E-state index >= 15 is 0 Å². The fourth-order valence-corrected chi connectivity index (χ4v) is 1.49. The van der Waals surface area contributed by atoms with Gasteiger partial charge in [-0.2, -0.15) is 0 Å². The molecular formula is C11H13Cl2NO2. The minimum Gasteiger partial charge on any atom is -0.410 e. The number of hydrogen-bond acceptors (Lipinski definition) is 2. The Balaban J connectivity index is 2.79. The molecule has 0 aliphatic carbocycles. The van der Waals surface area contributed by atoms with E-state index in [1.165, 1.54) is 7.05 Å². The topological polar surface area (TPSA) is 38.3 Å². The van der Waals surface area contributed by atoms with Crippen LogP contribution in [0.3, 0.4) is 0 Å². The fourth-order valence-electron chi connectivity index (χ4n) is 1.22. The number of alkyl halides is 2. The van der Waals surface area contributed by atoms with Crippen molar-refractivity contribution in [2.75, 3.05) is 12.9 Å². The molecule has 1 unspecified atom stereocenters. The summed E-state index contributed by atoms with van der Waals surface area (Å²) >= 11 is 11.6. The molecule has 1 aromatic carbocycles. The molecule has 0 aliphatic heterocycles. The number of nitrogens with one attached hydrogen (secondary N) is 1. The summed E-state index contributed by atoms with van der Waals surface area (Å²) < 4.78 is 5.09.